The molecule has 1 aromatic heterocycles. The van der Waals surface area contributed by atoms with Crippen molar-refractivity contribution in [2.45, 2.75) is 18.7 Å². The fourth-order valence-corrected chi connectivity index (χ4v) is 4.92. The Balaban J connectivity index is 0.00000385. The minimum atomic E-state index is -0.444. The van der Waals surface area contributed by atoms with Crippen LogP contribution < -0.4 is 4.90 Å². The van der Waals surface area contributed by atoms with Gasteiger partial charge in [-0.1, -0.05) is 43.4 Å². The normalized spacial score (nSPS) is 11.2. The number of hydrogen-bond acceptors (Lipinski definition) is 7. The number of likely N-dealkylation sites (N-methyl/N-ethyl adjacent to an activating group) is 1. The number of fused-ring (bicyclic) bond motifs is 1. The van der Waals surface area contributed by atoms with Crippen molar-refractivity contribution < 1.29 is 9.72 Å². The van der Waals surface area contributed by atoms with Crippen LogP contribution in [0.1, 0.15) is 19.4 Å². The number of nitro groups is 1. The van der Waals surface area contributed by atoms with Crippen LogP contribution in [0, 0.1) is 10.1 Å². The second kappa shape index (κ2) is 12.7. The van der Waals surface area contributed by atoms with Gasteiger partial charge in [0, 0.05) is 36.2 Å². The molecule has 0 aliphatic heterocycles. The number of carbonyl (C=O) groups is 1. The summed E-state index contributed by atoms with van der Waals surface area (Å²) in [6, 6.07) is 12.3. The molecule has 0 fully saturated rings. The van der Waals surface area contributed by atoms with Crippen molar-refractivity contribution in [1.82, 2.24) is 9.88 Å². The number of hydrogen-bond donors (Lipinski definition) is 0. The third-order valence-electron chi connectivity index (χ3n) is 5.12. The minimum Gasteiger partial charge on any atom is -0.302 e. The monoisotopic (exact) mass is 506 g/mol. The first-order valence-electron chi connectivity index (χ1n) is 10.4. The highest BCUT2D eigenvalue weighted by Gasteiger charge is 2.19. The maximum absolute atomic E-state index is 13.2. The van der Waals surface area contributed by atoms with Crippen LogP contribution >= 0.6 is 35.5 Å². The zero-order valence-electron chi connectivity index (χ0n) is 18.8. The Morgan fingerprint density at radius 2 is 1.91 bits per heavy atom. The highest BCUT2D eigenvalue weighted by Crippen LogP contribution is 2.34. The van der Waals surface area contributed by atoms with Crippen molar-refractivity contribution in [3.63, 3.8) is 0 Å². The molecule has 0 aliphatic rings. The van der Waals surface area contributed by atoms with Crippen LogP contribution in [0.15, 0.2) is 53.4 Å². The summed E-state index contributed by atoms with van der Waals surface area (Å²) in [6.07, 6.45) is 5.09. The smallest absolute Gasteiger partial charge is 0.270 e. The maximum Gasteiger partial charge on any atom is 0.270 e. The third kappa shape index (κ3) is 6.77. The molecule has 0 spiro atoms. The lowest BCUT2D eigenvalue weighted by atomic mass is 10.2. The second-order valence-corrected chi connectivity index (χ2v) is 8.86. The number of halogens is 1. The molecule has 1 amide bonds. The van der Waals surface area contributed by atoms with Crippen molar-refractivity contribution in [2.24, 2.45) is 0 Å². The highest BCUT2D eigenvalue weighted by molar-refractivity contribution is 7.98. The maximum atomic E-state index is 13.2. The molecule has 176 valence electrons. The van der Waals surface area contributed by atoms with E-state index < -0.39 is 4.92 Å². The van der Waals surface area contributed by atoms with Gasteiger partial charge in [-0.3, -0.25) is 19.8 Å². The van der Waals surface area contributed by atoms with Gasteiger partial charge in [0.25, 0.3) is 11.6 Å². The standard InChI is InChI=1S/C23H26N4O3S2.ClH/c1-4-25(5-2)14-15-26(23-24-22-19(31-3)10-7-11-20(22)32-23)21(28)13-12-17-8-6-9-18(16-17)27(29)30;/h6-13,16H,4-5,14-15H2,1-3H3;1H. The number of para-hydroxylation sites is 1. The Kier molecular flexibility index (Phi) is 10.3. The van der Waals surface area contributed by atoms with Crippen molar-refractivity contribution in [2.75, 3.05) is 37.3 Å². The van der Waals surface area contributed by atoms with Crippen molar-refractivity contribution >= 4 is 68.5 Å². The zero-order valence-corrected chi connectivity index (χ0v) is 21.2. The Labute approximate surface area is 208 Å². The number of non-ortho nitro benzene ring substituents is 1. The number of nitrogens with zero attached hydrogens (tertiary/aromatic N) is 4. The Morgan fingerprint density at radius 3 is 2.58 bits per heavy atom. The van der Waals surface area contributed by atoms with E-state index in [1.165, 1.54) is 29.5 Å². The third-order valence-corrected chi connectivity index (χ3v) is 6.93. The lowest BCUT2D eigenvalue weighted by Crippen LogP contribution is -2.38. The number of benzene rings is 2. The fourth-order valence-electron chi connectivity index (χ4n) is 3.27. The van der Waals surface area contributed by atoms with Crippen LogP contribution in [0.4, 0.5) is 10.8 Å². The molecule has 0 bridgehead atoms. The van der Waals surface area contributed by atoms with Crippen LogP contribution in [0.3, 0.4) is 0 Å². The molecular weight excluding hydrogens is 480 g/mol. The largest absolute Gasteiger partial charge is 0.302 e. The SMILES string of the molecule is CCN(CC)CCN(C(=O)C=Cc1cccc([N+](=O)[O-])c1)c1nc2c(SC)cccc2s1.Cl. The number of carbonyl (C=O) groups excluding carboxylic acids is 1. The molecule has 3 rings (SSSR count). The van der Waals surface area contributed by atoms with Crippen LogP contribution in [0.2, 0.25) is 0 Å². The molecule has 0 saturated carbocycles. The molecular formula is C23H27ClN4O3S2. The summed E-state index contributed by atoms with van der Waals surface area (Å²) < 4.78 is 1.04. The molecule has 0 radical (unpaired) electrons. The van der Waals surface area contributed by atoms with Crippen LogP contribution in [-0.2, 0) is 4.79 Å². The van der Waals surface area contributed by atoms with E-state index in [0.717, 1.165) is 34.7 Å². The molecule has 0 atom stereocenters. The zero-order chi connectivity index (χ0) is 23.1. The lowest BCUT2D eigenvalue weighted by molar-refractivity contribution is -0.384. The molecule has 10 heteroatoms. The van der Waals surface area contributed by atoms with Gasteiger partial charge in [-0.15, -0.1) is 24.2 Å². The number of amides is 1. The average Bonchev–Trinajstić information content (AvgIpc) is 3.24. The van der Waals surface area contributed by atoms with Crippen molar-refractivity contribution in [3.8, 4) is 0 Å². The van der Waals surface area contributed by atoms with E-state index in [1.807, 2.05) is 24.5 Å². The van der Waals surface area contributed by atoms with Crippen molar-refractivity contribution in [3.05, 3.63) is 64.2 Å². The summed E-state index contributed by atoms with van der Waals surface area (Å²) >= 11 is 3.13. The van der Waals surface area contributed by atoms with E-state index >= 15 is 0 Å². The van der Waals surface area contributed by atoms with E-state index in [2.05, 4.69) is 18.7 Å². The summed E-state index contributed by atoms with van der Waals surface area (Å²) in [6.45, 7) is 7.24. The van der Waals surface area contributed by atoms with Gasteiger partial charge in [-0.05, 0) is 43.1 Å². The van der Waals surface area contributed by atoms with E-state index in [1.54, 1.807) is 34.9 Å². The summed E-state index contributed by atoms with van der Waals surface area (Å²) in [5.74, 6) is -0.201. The molecule has 0 unspecified atom stereocenters. The first-order valence-corrected chi connectivity index (χ1v) is 12.4. The number of aromatic nitrogens is 1. The highest BCUT2D eigenvalue weighted by atomic mass is 35.5. The topological polar surface area (TPSA) is 79.6 Å². The summed E-state index contributed by atoms with van der Waals surface area (Å²) in [4.78, 5) is 33.6. The number of anilines is 1. The molecule has 7 nitrogen and oxygen atoms in total. The van der Waals surface area contributed by atoms with Gasteiger partial charge in [0.05, 0.1) is 15.1 Å². The molecule has 1 heterocycles. The first-order chi connectivity index (χ1) is 15.5. The number of rotatable bonds is 10. The molecule has 3 aromatic rings. The van der Waals surface area contributed by atoms with Gasteiger partial charge < -0.3 is 4.90 Å². The average molecular weight is 507 g/mol. The van der Waals surface area contributed by atoms with Crippen LogP contribution in [-0.4, -0.2) is 53.1 Å². The molecule has 0 aliphatic carbocycles. The molecule has 0 saturated heterocycles. The number of thioether (sulfide) groups is 1. The predicted molar refractivity (Wildman–Crippen MR) is 141 cm³/mol. The van der Waals surface area contributed by atoms with E-state index in [9.17, 15) is 14.9 Å². The van der Waals surface area contributed by atoms with E-state index in [0.29, 0.717) is 17.2 Å². The van der Waals surface area contributed by atoms with E-state index in [-0.39, 0.29) is 24.0 Å². The van der Waals surface area contributed by atoms with Crippen LogP contribution in [0.25, 0.3) is 16.3 Å². The Morgan fingerprint density at radius 1 is 1.18 bits per heavy atom. The van der Waals surface area contributed by atoms with Gasteiger partial charge in [0.15, 0.2) is 5.13 Å². The van der Waals surface area contributed by atoms with Gasteiger partial charge in [0.2, 0.25) is 0 Å². The Hall–Kier alpha value is -2.46. The predicted octanol–water partition coefficient (Wildman–Crippen LogP) is 5.74. The fraction of sp³-hybridized carbons (Fsp3) is 0.304. The molecule has 2 aromatic carbocycles. The summed E-state index contributed by atoms with van der Waals surface area (Å²) in [5.41, 5.74) is 1.50. The van der Waals surface area contributed by atoms with Gasteiger partial charge >= 0.3 is 0 Å². The van der Waals surface area contributed by atoms with Crippen LogP contribution in [0.5, 0.6) is 0 Å². The second-order valence-electron chi connectivity index (χ2n) is 7.01. The Bertz CT molecular complexity index is 1130. The summed E-state index contributed by atoms with van der Waals surface area (Å²) in [5, 5.41) is 11.7. The van der Waals surface area contributed by atoms with E-state index in [4.69, 9.17) is 4.98 Å². The van der Waals surface area contributed by atoms with Gasteiger partial charge in [-0.25, -0.2) is 4.98 Å². The number of nitro benzene ring substituents is 1. The number of thiazole rings is 1. The molecule has 0 N–H and O–H groups in total. The minimum absolute atomic E-state index is 0. The summed E-state index contributed by atoms with van der Waals surface area (Å²) in [7, 11) is 0. The van der Waals surface area contributed by atoms with Crippen molar-refractivity contribution in [1.29, 1.82) is 0 Å². The molecule has 33 heavy (non-hydrogen) atoms. The van der Waals surface area contributed by atoms with Gasteiger partial charge in [0.1, 0.15) is 0 Å². The first kappa shape index (κ1) is 26.8. The van der Waals surface area contributed by atoms with Gasteiger partial charge in [-0.2, -0.15) is 0 Å². The quantitative estimate of drug-likeness (QED) is 0.151. The lowest BCUT2D eigenvalue weighted by Gasteiger charge is -2.23.